The van der Waals surface area contributed by atoms with Gasteiger partial charge in [0.05, 0.1) is 12.7 Å². The first-order valence-corrected chi connectivity index (χ1v) is 8.62. The van der Waals surface area contributed by atoms with Gasteiger partial charge in [0.1, 0.15) is 11.4 Å². The van der Waals surface area contributed by atoms with Crippen LogP contribution in [0.4, 0.5) is 5.69 Å². The van der Waals surface area contributed by atoms with Crippen LogP contribution in [-0.4, -0.2) is 30.4 Å². The lowest BCUT2D eigenvalue weighted by Gasteiger charge is -2.13. The molecule has 5 nitrogen and oxygen atoms in total. The standard InChI is InChI=1S/C20H19ClN2O3/c1-4-23-19(24)17(14-7-5-6-8-16(14)26-3)18(20(23)25)22-15-10-9-13(21)11-12(15)2/h5-11,22H,4H2,1-3H3. The molecule has 6 heteroatoms. The van der Waals surface area contributed by atoms with Crippen LogP contribution in [0.1, 0.15) is 18.1 Å². The zero-order chi connectivity index (χ0) is 18.8. The van der Waals surface area contributed by atoms with Crippen LogP contribution in [0.15, 0.2) is 48.2 Å². The highest BCUT2D eigenvalue weighted by Gasteiger charge is 2.39. The third-order valence-corrected chi connectivity index (χ3v) is 4.54. The number of rotatable bonds is 5. The number of para-hydroxylation sites is 1. The molecule has 0 fully saturated rings. The fourth-order valence-electron chi connectivity index (χ4n) is 2.98. The van der Waals surface area contributed by atoms with E-state index in [0.29, 0.717) is 28.5 Å². The van der Waals surface area contributed by atoms with Crippen molar-refractivity contribution in [1.82, 2.24) is 4.90 Å². The van der Waals surface area contributed by atoms with Crippen LogP contribution >= 0.6 is 11.6 Å². The molecular formula is C20H19ClN2O3. The van der Waals surface area contributed by atoms with Crippen LogP contribution in [-0.2, 0) is 9.59 Å². The van der Waals surface area contributed by atoms with E-state index >= 15 is 0 Å². The van der Waals surface area contributed by atoms with E-state index in [2.05, 4.69) is 5.32 Å². The number of aryl methyl sites for hydroxylation is 1. The van der Waals surface area contributed by atoms with Crippen LogP contribution < -0.4 is 10.1 Å². The summed E-state index contributed by atoms with van der Waals surface area (Å²) in [6, 6.07) is 12.5. The molecule has 1 aliphatic rings. The van der Waals surface area contributed by atoms with E-state index in [1.165, 1.54) is 12.0 Å². The number of hydrogen-bond acceptors (Lipinski definition) is 4. The molecule has 134 valence electrons. The lowest BCUT2D eigenvalue weighted by atomic mass is 10.0. The van der Waals surface area contributed by atoms with Crippen LogP contribution in [0.25, 0.3) is 5.57 Å². The number of anilines is 1. The summed E-state index contributed by atoms with van der Waals surface area (Å²) in [6.45, 7) is 3.95. The molecule has 2 aromatic carbocycles. The second-order valence-electron chi connectivity index (χ2n) is 5.89. The highest BCUT2D eigenvalue weighted by atomic mass is 35.5. The summed E-state index contributed by atoms with van der Waals surface area (Å²) in [6.07, 6.45) is 0. The van der Waals surface area contributed by atoms with Gasteiger partial charge in [-0.2, -0.15) is 0 Å². The molecule has 0 radical (unpaired) electrons. The Labute approximate surface area is 157 Å². The SMILES string of the molecule is CCN1C(=O)C(Nc2ccc(Cl)cc2C)=C(c2ccccc2OC)C1=O. The number of nitrogens with one attached hydrogen (secondary N) is 1. The van der Waals surface area contributed by atoms with Crippen molar-refractivity contribution in [3.05, 3.63) is 64.3 Å². The molecule has 0 bridgehead atoms. The molecule has 0 aromatic heterocycles. The first kappa shape index (κ1) is 18.0. The number of nitrogens with zero attached hydrogens (tertiary/aromatic N) is 1. The van der Waals surface area contributed by atoms with Crippen molar-refractivity contribution in [3.8, 4) is 5.75 Å². The van der Waals surface area contributed by atoms with Gasteiger partial charge >= 0.3 is 0 Å². The summed E-state index contributed by atoms with van der Waals surface area (Å²) >= 11 is 6.01. The number of ether oxygens (including phenoxy) is 1. The fourth-order valence-corrected chi connectivity index (χ4v) is 3.21. The Bertz CT molecular complexity index is 921. The van der Waals surface area contributed by atoms with E-state index in [9.17, 15) is 9.59 Å². The molecule has 0 spiro atoms. The second kappa shape index (κ2) is 7.22. The Morgan fingerprint density at radius 1 is 1.12 bits per heavy atom. The van der Waals surface area contributed by atoms with Gasteiger partial charge in [-0.15, -0.1) is 0 Å². The van der Waals surface area contributed by atoms with Crippen LogP contribution in [0, 0.1) is 6.92 Å². The summed E-state index contributed by atoms with van der Waals surface area (Å²) in [5, 5.41) is 3.74. The van der Waals surface area contributed by atoms with Crippen LogP contribution in [0.5, 0.6) is 5.75 Å². The van der Waals surface area contributed by atoms with Crippen LogP contribution in [0.3, 0.4) is 0 Å². The van der Waals surface area contributed by atoms with E-state index in [0.717, 1.165) is 11.3 Å². The molecule has 0 saturated heterocycles. The summed E-state index contributed by atoms with van der Waals surface area (Å²) < 4.78 is 5.39. The minimum absolute atomic E-state index is 0.242. The zero-order valence-corrected chi connectivity index (χ0v) is 15.6. The minimum atomic E-state index is -0.354. The van der Waals surface area contributed by atoms with Gasteiger partial charge in [0.15, 0.2) is 0 Å². The first-order chi connectivity index (χ1) is 12.5. The molecule has 2 amide bonds. The lowest BCUT2D eigenvalue weighted by molar-refractivity contribution is -0.136. The number of amides is 2. The van der Waals surface area contributed by atoms with Crippen molar-refractivity contribution in [2.45, 2.75) is 13.8 Å². The van der Waals surface area contributed by atoms with Gasteiger partial charge in [0.25, 0.3) is 11.8 Å². The predicted octanol–water partition coefficient (Wildman–Crippen LogP) is 3.87. The van der Waals surface area contributed by atoms with Gasteiger partial charge in [-0.25, -0.2) is 0 Å². The molecule has 1 aliphatic heterocycles. The topological polar surface area (TPSA) is 58.6 Å². The molecule has 26 heavy (non-hydrogen) atoms. The molecule has 1 N–H and O–H groups in total. The maximum atomic E-state index is 12.9. The van der Waals surface area contributed by atoms with Crippen molar-refractivity contribution in [3.63, 3.8) is 0 Å². The predicted molar refractivity (Wildman–Crippen MR) is 102 cm³/mol. The number of benzene rings is 2. The smallest absolute Gasteiger partial charge is 0.278 e. The van der Waals surface area contributed by atoms with E-state index < -0.39 is 0 Å². The van der Waals surface area contributed by atoms with Gasteiger partial charge < -0.3 is 10.1 Å². The monoisotopic (exact) mass is 370 g/mol. The number of carbonyl (C=O) groups is 2. The molecule has 3 rings (SSSR count). The number of methoxy groups -OCH3 is 1. The molecule has 0 aliphatic carbocycles. The van der Waals surface area contributed by atoms with Crippen molar-refractivity contribution in [2.75, 3.05) is 19.0 Å². The third-order valence-electron chi connectivity index (χ3n) is 4.31. The fraction of sp³-hybridized carbons (Fsp3) is 0.200. The number of likely N-dealkylation sites (N-methyl/N-ethyl adjacent to an activating group) is 1. The molecular weight excluding hydrogens is 352 g/mol. The van der Waals surface area contributed by atoms with E-state index in [4.69, 9.17) is 16.3 Å². The van der Waals surface area contributed by atoms with Crippen molar-refractivity contribution < 1.29 is 14.3 Å². The Morgan fingerprint density at radius 2 is 1.85 bits per heavy atom. The maximum Gasteiger partial charge on any atom is 0.278 e. The summed E-state index contributed by atoms with van der Waals surface area (Å²) in [7, 11) is 1.54. The largest absolute Gasteiger partial charge is 0.496 e. The Kier molecular flexibility index (Phi) is 5.00. The van der Waals surface area contributed by atoms with E-state index in [1.54, 1.807) is 37.3 Å². The summed E-state index contributed by atoms with van der Waals surface area (Å²) in [5.41, 5.74) is 2.73. The Balaban J connectivity index is 2.16. The van der Waals surface area contributed by atoms with Gasteiger partial charge in [-0.05, 0) is 43.7 Å². The number of imide groups is 1. The minimum Gasteiger partial charge on any atom is -0.496 e. The summed E-state index contributed by atoms with van der Waals surface area (Å²) in [4.78, 5) is 26.9. The highest BCUT2D eigenvalue weighted by molar-refractivity contribution is 6.37. The maximum absolute atomic E-state index is 12.9. The van der Waals surface area contributed by atoms with Gasteiger partial charge in [-0.3, -0.25) is 14.5 Å². The average molecular weight is 371 g/mol. The molecule has 1 heterocycles. The molecule has 2 aromatic rings. The molecule has 0 atom stereocenters. The normalized spacial score (nSPS) is 14.2. The van der Waals surface area contributed by atoms with Gasteiger partial charge in [0, 0.05) is 22.8 Å². The third kappa shape index (κ3) is 3.06. The molecule has 0 unspecified atom stereocenters. The number of carbonyl (C=O) groups excluding carboxylic acids is 2. The quantitative estimate of drug-likeness (QED) is 0.812. The lowest BCUT2D eigenvalue weighted by Crippen LogP contribution is -2.32. The van der Waals surface area contributed by atoms with Crippen molar-refractivity contribution >= 4 is 34.7 Å². The van der Waals surface area contributed by atoms with Gasteiger partial charge in [-0.1, -0.05) is 29.8 Å². The van der Waals surface area contributed by atoms with Crippen molar-refractivity contribution in [2.24, 2.45) is 0 Å². The Morgan fingerprint density at radius 3 is 2.50 bits per heavy atom. The average Bonchev–Trinajstić information content (AvgIpc) is 2.86. The van der Waals surface area contributed by atoms with Crippen molar-refractivity contribution in [1.29, 1.82) is 0 Å². The van der Waals surface area contributed by atoms with E-state index in [-0.39, 0.29) is 17.5 Å². The second-order valence-corrected chi connectivity index (χ2v) is 6.33. The zero-order valence-electron chi connectivity index (χ0n) is 14.8. The molecule has 0 saturated carbocycles. The summed E-state index contributed by atoms with van der Waals surface area (Å²) in [5.74, 6) is -0.155. The number of halogens is 1. The highest BCUT2D eigenvalue weighted by Crippen LogP contribution is 2.35. The number of hydrogen-bond donors (Lipinski definition) is 1. The van der Waals surface area contributed by atoms with Crippen LogP contribution in [0.2, 0.25) is 5.02 Å². The van der Waals surface area contributed by atoms with Gasteiger partial charge in [0.2, 0.25) is 0 Å². The Hall–Kier alpha value is -2.79. The van der Waals surface area contributed by atoms with E-state index in [1.807, 2.05) is 19.1 Å². The first-order valence-electron chi connectivity index (χ1n) is 8.25.